The molecular formula is C27H37ClN8O2. The molecule has 0 spiro atoms. The number of hydrazine groups is 1. The van der Waals surface area contributed by atoms with Crippen LogP contribution in [0.2, 0.25) is 5.02 Å². The molecule has 1 saturated carbocycles. The van der Waals surface area contributed by atoms with Crippen LogP contribution < -0.4 is 20.5 Å². The second-order valence-corrected chi connectivity index (χ2v) is 10.7. The van der Waals surface area contributed by atoms with Gasteiger partial charge in [-0.25, -0.2) is 14.8 Å². The fourth-order valence-electron chi connectivity index (χ4n) is 5.66. The summed E-state index contributed by atoms with van der Waals surface area (Å²) < 4.78 is 0. The Bertz CT molecular complexity index is 1180. The second kappa shape index (κ2) is 11.3. The lowest BCUT2D eigenvalue weighted by molar-refractivity contribution is 0.0912. The van der Waals surface area contributed by atoms with Gasteiger partial charge in [-0.2, -0.15) is 4.98 Å². The van der Waals surface area contributed by atoms with E-state index in [-0.39, 0.29) is 24.0 Å². The third-order valence-electron chi connectivity index (χ3n) is 7.91. The van der Waals surface area contributed by atoms with E-state index in [1.54, 1.807) is 41.4 Å². The molecule has 0 bridgehead atoms. The zero-order valence-electron chi connectivity index (χ0n) is 22.4. The van der Waals surface area contributed by atoms with Crippen LogP contribution in [0.3, 0.4) is 0 Å². The number of benzene rings is 1. The average Bonchev–Trinajstić information content (AvgIpc) is 3.46. The fourth-order valence-corrected chi connectivity index (χ4v) is 5.89. The van der Waals surface area contributed by atoms with Crippen LogP contribution in [0.1, 0.15) is 62.7 Å². The number of fused-ring (bicyclic) bond motifs is 1. The van der Waals surface area contributed by atoms with E-state index in [1.807, 2.05) is 6.92 Å². The number of halogens is 1. The third-order valence-corrected chi connectivity index (χ3v) is 8.23. The number of piperidine rings is 1. The maximum absolute atomic E-state index is 13.0. The molecule has 3 amide bonds. The number of likely N-dealkylation sites (tertiary alicyclic amines) is 1. The number of urea groups is 1. The predicted octanol–water partition coefficient (Wildman–Crippen LogP) is 4.64. The predicted molar refractivity (Wildman–Crippen MR) is 150 cm³/mol. The molecule has 38 heavy (non-hydrogen) atoms. The molecule has 0 atom stereocenters. The first kappa shape index (κ1) is 26.5. The topological polar surface area (TPSA) is 96.9 Å². The van der Waals surface area contributed by atoms with Gasteiger partial charge in [-0.05, 0) is 57.4 Å². The quantitative estimate of drug-likeness (QED) is 0.528. The van der Waals surface area contributed by atoms with E-state index in [9.17, 15) is 9.59 Å². The maximum Gasteiger partial charge on any atom is 0.343 e. The normalized spacial score (nSPS) is 19.2. The molecule has 1 saturated heterocycles. The summed E-state index contributed by atoms with van der Waals surface area (Å²) in [5.74, 6) is 0.977. The van der Waals surface area contributed by atoms with Crippen molar-refractivity contribution in [2.45, 2.75) is 64.5 Å². The minimum atomic E-state index is -0.113. The minimum Gasteiger partial charge on any atom is -0.349 e. The number of hydrogen-bond acceptors (Lipinski definition) is 7. The van der Waals surface area contributed by atoms with Crippen LogP contribution in [0, 0.1) is 0 Å². The molecule has 2 N–H and O–H groups in total. The maximum atomic E-state index is 13.0. The van der Waals surface area contributed by atoms with Crippen molar-refractivity contribution in [2.75, 3.05) is 48.5 Å². The van der Waals surface area contributed by atoms with Gasteiger partial charge in [0.1, 0.15) is 5.69 Å². The molecular weight excluding hydrogens is 504 g/mol. The molecule has 3 heterocycles. The van der Waals surface area contributed by atoms with Gasteiger partial charge >= 0.3 is 6.03 Å². The van der Waals surface area contributed by atoms with E-state index in [1.165, 1.54) is 0 Å². The smallest absolute Gasteiger partial charge is 0.343 e. The molecule has 204 valence electrons. The summed E-state index contributed by atoms with van der Waals surface area (Å²) >= 11 is 6.59. The van der Waals surface area contributed by atoms with Crippen molar-refractivity contribution in [1.29, 1.82) is 0 Å². The van der Waals surface area contributed by atoms with Gasteiger partial charge in [0.25, 0.3) is 5.91 Å². The molecule has 1 aromatic carbocycles. The van der Waals surface area contributed by atoms with Gasteiger partial charge < -0.3 is 15.5 Å². The number of anilines is 4. The lowest BCUT2D eigenvalue weighted by Gasteiger charge is -2.45. The fraction of sp³-hybridized carbons (Fsp3) is 0.556. The highest BCUT2D eigenvalue weighted by Gasteiger charge is 2.39. The van der Waals surface area contributed by atoms with Gasteiger partial charge in [0, 0.05) is 38.3 Å². The first-order chi connectivity index (χ1) is 18.4. The summed E-state index contributed by atoms with van der Waals surface area (Å²) in [7, 11) is 1.75. The van der Waals surface area contributed by atoms with Crippen LogP contribution in [0.15, 0.2) is 24.4 Å². The van der Waals surface area contributed by atoms with Crippen molar-refractivity contribution in [3.8, 4) is 0 Å². The summed E-state index contributed by atoms with van der Waals surface area (Å²) in [5.41, 5.74) is 1.82. The third kappa shape index (κ3) is 5.24. The highest BCUT2D eigenvalue weighted by molar-refractivity contribution is 6.33. The average molecular weight is 541 g/mol. The molecule has 2 fully saturated rings. The van der Waals surface area contributed by atoms with Crippen LogP contribution in [0.25, 0.3) is 0 Å². The highest BCUT2D eigenvalue weighted by Crippen LogP contribution is 2.39. The van der Waals surface area contributed by atoms with Crippen molar-refractivity contribution < 1.29 is 9.59 Å². The summed E-state index contributed by atoms with van der Waals surface area (Å²) in [4.78, 5) is 39.2. The van der Waals surface area contributed by atoms with E-state index < -0.39 is 0 Å². The SMILES string of the molecule is CCN1CCC(NC(=O)c2ccc(Nc3ncc4c(n3)N(C3CCCC3)N(CC)C(=O)N4C)c(Cl)c2)CC1. The zero-order valence-corrected chi connectivity index (χ0v) is 23.2. The van der Waals surface area contributed by atoms with Crippen molar-refractivity contribution >= 4 is 46.7 Å². The summed E-state index contributed by atoms with van der Waals surface area (Å²) in [6.45, 7) is 7.75. The number of hydrogen-bond donors (Lipinski definition) is 2. The van der Waals surface area contributed by atoms with Gasteiger partial charge in [0.15, 0.2) is 5.82 Å². The van der Waals surface area contributed by atoms with E-state index >= 15 is 0 Å². The molecule has 3 aliphatic rings. The Kier molecular flexibility index (Phi) is 7.90. The number of carbonyl (C=O) groups excluding carboxylic acids is 2. The highest BCUT2D eigenvalue weighted by atomic mass is 35.5. The number of rotatable bonds is 7. The van der Waals surface area contributed by atoms with Crippen LogP contribution in [0.5, 0.6) is 0 Å². The lowest BCUT2D eigenvalue weighted by atomic mass is 10.0. The van der Waals surface area contributed by atoms with Crippen molar-refractivity contribution in [1.82, 2.24) is 25.2 Å². The zero-order chi connectivity index (χ0) is 26.8. The summed E-state index contributed by atoms with van der Waals surface area (Å²) in [5, 5.41) is 10.6. The molecule has 5 rings (SSSR count). The molecule has 2 aromatic rings. The Balaban J connectivity index is 1.33. The van der Waals surface area contributed by atoms with E-state index in [2.05, 4.69) is 32.5 Å². The Labute approximate surface area is 229 Å². The lowest BCUT2D eigenvalue weighted by Crippen LogP contribution is -2.59. The number of nitrogens with one attached hydrogen (secondary N) is 2. The molecule has 0 unspecified atom stereocenters. The second-order valence-electron chi connectivity index (χ2n) is 10.2. The van der Waals surface area contributed by atoms with Crippen LogP contribution in [-0.4, -0.2) is 77.1 Å². The molecule has 1 aliphatic carbocycles. The minimum absolute atomic E-state index is 0.0796. The molecule has 10 nitrogen and oxygen atoms in total. The molecule has 2 aliphatic heterocycles. The Morgan fingerprint density at radius 1 is 1.11 bits per heavy atom. The Morgan fingerprint density at radius 3 is 2.50 bits per heavy atom. The van der Waals surface area contributed by atoms with Crippen molar-refractivity contribution in [3.05, 3.63) is 35.0 Å². The first-order valence-corrected chi connectivity index (χ1v) is 14.1. The van der Waals surface area contributed by atoms with Crippen molar-refractivity contribution in [3.63, 3.8) is 0 Å². The monoisotopic (exact) mass is 540 g/mol. The Hall–Kier alpha value is -3.11. The van der Waals surface area contributed by atoms with Crippen LogP contribution >= 0.6 is 11.6 Å². The number of nitrogens with zero attached hydrogens (tertiary/aromatic N) is 6. The number of carbonyl (C=O) groups is 2. The van der Waals surface area contributed by atoms with Crippen LogP contribution in [-0.2, 0) is 0 Å². The van der Waals surface area contributed by atoms with Gasteiger partial charge in [-0.3, -0.25) is 14.7 Å². The van der Waals surface area contributed by atoms with E-state index in [0.29, 0.717) is 40.3 Å². The first-order valence-electron chi connectivity index (χ1n) is 13.7. The molecule has 11 heteroatoms. The van der Waals surface area contributed by atoms with Gasteiger partial charge in [-0.15, -0.1) is 0 Å². The number of aromatic nitrogens is 2. The van der Waals surface area contributed by atoms with Gasteiger partial charge in [0.05, 0.1) is 22.9 Å². The van der Waals surface area contributed by atoms with Gasteiger partial charge in [-0.1, -0.05) is 31.4 Å². The summed E-state index contributed by atoms with van der Waals surface area (Å²) in [6, 6.07) is 5.55. The van der Waals surface area contributed by atoms with Crippen molar-refractivity contribution in [2.24, 2.45) is 0 Å². The van der Waals surface area contributed by atoms with Crippen LogP contribution in [0.4, 0.5) is 27.9 Å². The summed E-state index contributed by atoms with van der Waals surface area (Å²) in [6.07, 6.45) is 7.91. The standard InChI is InChI=1S/C27H37ClN8O2/c1-4-34-14-12-19(13-15-34)30-25(37)18-10-11-22(21(28)16-18)31-26-29-17-23-24(32-26)36(20-8-6-7-9-20)35(5-2)27(38)33(23)3/h10-11,16-17,19-20H,4-9,12-15H2,1-3H3,(H,30,37)(H,29,31,32). The van der Waals surface area contributed by atoms with E-state index in [4.69, 9.17) is 16.6 Å². The largest absolute Gasteiger partial charge is 0.349 e. The number of amides is 3. The van der Waals surface area contributed by atoms with Gasteiger partial charge in [0.2, 0.25) is 5.95 Å². The molecule has 0 radical (unpaired) electrons. The van der Waals surface area contributed by atoms with E-state index in [0.717, 1.165) is 58.2 Å². The Morgan fingerprint density at radius 2 is 1.84 bits per heavy atom. The molecule has 1 aromatic heterocycles.